The van der Waals surface area contributed by atoms with Crippen molar-refractivity contribution >= 4 is 0 Å². The fraction of sp³-hybridized carbons (Fsp3) is 1.00. The highest BCUT2D eigenvalue weighted by Gasteiger charge is 3.02. The lowest BCUT2D eigenvalue weighted by Crippen LogP contribution is -2.80. The first-order chi connectivity index (χ1) is 22.0. The maximum Gasteiger partial charge on any atom is 0.461 e. The van der Waals surface area contributed by atoms with Gasteiger partial charge in [0, 0.05) is 0 Å². The van der Waals surface area contributed by atoms with Gasteiger partial charge in [0.05, 0.1) is 21.1 Å². The van der Waals surface area contributed by atoms with Crippen LogP contribution in [0, 0.1) is 0 Å². The molecule has 0 aliphatic carbocycles. The van der Waals surface area contributed by atoms with E-state index in [1.54, 1.807) is 0 Å². The zero-order valence-electron chi connectivity index (χ0n) is 23.9. The van der Waals surface area contributed by atoms with Crippen LogP contribution < -0.4 is 0 Å². The Morgan fingerprint density at radius 1 is 0.189 bits per heavy atom. The topological polar surface area (TPSA) is 0 Å². The van der Waals surface area contributed by atoms with Crippen molar-refractivity contribution in [2.24, 2.45) is 0 Å². The second-order valence-corrected chi connectivity index (χ2v) is 11.1. The molecule has 34 heteroatoms. The van der Waals surface area contributed by atoms with E-state index in [9.17, 15) is 145 Å². The van der Waals surface area contributed by atoms with E-state index in [2.05, 4.69) is 0 Å². The summed E-state index contributed by atoms with van der Waals surface area (Å²) < 4.78 is 443. The molecule has 0 aliphatic rings. The van der Waals surface area contributed by atoms with Crippen LogP contribution >= 0.6 is 0 Å². The maximum atomic E-state index is 13.9. The van der Waals surface area contributed by atoms with Crippen molar-refractivity contribution in [1.82, 2.24) is 0 Å². The van der Waals surface area contributed by atoms with Crippen LogP contribution in [0.25, 0.3) is 0 Å². The van der Waals surface area contributed by atoms with Crippen molar-refractivity contribution in [2.75, 3.05) is 21.1 Å². The molecule has 0 aromatic heterocycles. The van der Waals surface area contributed by atoms with E-state index >= 15 is 0 Å². The third kappa shape index (κ3) is 5.62. The minimum absolute atomic E-state index is 0.427. The molecule has 0 N–H and O–H groups in total. The number of hydrogen-bond donors (Lipinski definition) is 0. The van der Waals surface area contributed by atoms with E-state index in [1.165, 1.54) is 0 Å². The van der Waals surface area contributed by atoms with E-state index in [-0.39, 0.29) is 0 Å². The van der Waals surface area contributed by atoms with Crippen LogP contribution in [0.1, 0.15) is 0 Å². The molecular weight excluding hydrogens is 869 g/mol. The molecule has 0 spiro atoms. The van der Waals surface area contributed by atoms with Gasteiger partial charge in [-0.3, -0.25) is 4.48 Å². The molecule has 1 nitrogen and oxygen atoms in total. The highest BCUT2D eigenvalue weighted by Crippen LogP contribution is 2.70. The smallest absolute Gasteiger partial charge is 0.265 e. The average Bonchev–Trinajstić information content (AvgIpc) is 2.89. The second kappa shape index (κ2) is 11.8. The molecule has 0 saturated heterocycles. The molecule has 0 atom stereocenters. The van der Waals surface area contributed by atoms with Crippen LogP contribution in [0.5, 0.6) is 0 Å². The molecule has 0 aromatic rings. The molecule has 0 aromatic carbocycles. The standard InChI is InChI=1S/C19H9F33N/c1-53(2,3)19(51,52)17(46,47)15(42,43)13(38,39)11(34,35)9(30,31)7(26,27)5(22,23)4(20,21)6(24,25)8(28,29)10(32,33)12(36,37)14(40,41)16(44,45)18(48,49)50/h1-3H3/q+1. The summed E-state index contributed by atoms with van der Waals surface area (Å²) >= 11 is 0. The van der Waals surface area contributed by atoms with Crippen LogP contribution in [-0.4, -0.2) is 121 Å². The first kappa shape index (κ1) is 50.6. The largest absolute Gasteiger partial charge is 0.461 e. The lowest BCUT2D eigenvalue weighted by atomic mass is 9.83. The van der Waals surface area contributed by atoms with Gasteiger partial charge in [-0.1, -0.05) is 0 Å². The average molecular weight is 878 g/mol. The predicted molar refractivity (Wildman–Crippen MR) is 98.3 cm³/mol. The number of rotatable bonds is 15. The van der Waals surface area contributed by atoms with Crippen molar-refractivity contribution in [1.29, 1.82) is 0 Å². The summed E-state index contributed by atoms with van der Waals surface area (Å²) in [5.74, 6) is -135. The van der Waals surface area contributed by atoms with Crippen LogP contribution in [0.3, 0.4) is 0 Å². The fourth-order valence-corrected chi connectivity index (χ4v) is 3.15. The number of halogens is 33. The van der Waals surface area contributed by atoms with Crippen LogP contribution in [0.4, 0.5) is 145 Å². The summed E-state index contributed by atoms with van der Waals surface area (Å²) in [6, 6.07) is -7.02. The van der Waals surface area contributed by atoms with E-state index < -0.39 is 121 Å². The molecule has 0 unspecified atom stereocenters. The van der Waals surface area contributed by atoms with Gasteiger partial charge in [0.2, 0.25) is 0 Å². The summed E-state index contributed by atoms with van der Waals surface area (Å²) in [4.78, 5) is 0. The Bertz CT molecular complexity index is 1240. The van der Waals surface area contributed by atoms with Crippen molar-refractivity contribution in [3.63, 3.8) is 0 Å². The second-order valence-electron chi connectivity index (χ2n) is 11.1. The summed E-state index contributed by atoms with van der Waals surface area (Å²) in [7, 11) is -1.28. The number of quaternary nitrogens is 1. The number of alkyl halides is 33. The van der Waals surface area contributed by atoms with Crippen LogP contribution in [0.15, 0.2) is 0 Å². The highest BCUT2D eigenvalue weighted by molar-refractivity contribution is 5.22. The fourth-order valence-electron chi connectivity index (χ4n) is 3.15. The van der Waals surface area contributed by atoms with Crippen molar-refractivity contribution in [3.05, 3.63) is 0 Å². The van der Waals surface area contributed by atoms with Crippen molar-refractivity contribution in [2.45, 2.75) is 95.1 Å². The van der Waals surface area contributed by atoms with E-state index in [0.29, 0.717) is 0 Å². The minimum Gasteiger partial charge on any atom is -0.265 e. The summed E-state index contributed by atoms with van der Waals surface area (Å²) in [5, 5.41) is 0. The molecule has 0 amide bonds. The molecular formula is C19H9F33N+. The Morgan fingerprint density at radius 2 is 0.302 bits per heavy atom. The van der Waals surface area contributed by atoms with Crippen LogP contribution in [-0.2, 0) is 0 Å². The van der Waals surface area contributed by atoms with Crippen molar-refractivity contribution in [3.8, 4) is 0 Å². The van der Waals surface area contributed by atoms with Gasteiger partial charge in [-0.2, -0.15) is 136 Å². The van der Waals surface area contributed by atoms with Gasteiger partial charge in [0.1, 0.15) is 0 Å². The van der Waals surface area contributed by atoms with E-state index in [0.717, 1.165) is 0 Å². The zero-order valence-corrected chi connectivity index (χ0v) is 23.9. The molecule has 0 aliphatic heterocycles. The Labute approximate surface area is 267 Å². The zero-order chi connectivity index (χ0) is 44.5. The summed E-state index contributed by atoms with van der Waals surface area (Å²) in [6.45, 7) is 0. The Morgan fingerprint density at radius 3 is 0.415 bits per heavy atom. The monoisotopic (exact) mass is 878 g/mol. The lowest BCUT2D eigenvalue weighted by molar-refractivity contribution is -0.975. The molecule has 0 saturated carbocycles. The Hall–Kier alpha value is -2.35. The maximum absolute atomic E-state index is 13.9. The Kier molecular flexibility index (Phi) is 11.3. The third-order valence-corrected chi connectivity index (χ3v) is 6.70. The normalized spacial score (nSPS) is 17.4. The van der Waals surface area contributed by atoms with Gasteiger partial charge in [-0.15, -0.1) is 8.78 Å². The minimum atomic E-state index is -10.2. The van der Waals surface area contributed by atoms with Crippen molar-refractivity contribution < 1.29 is 149 Å². The number of nitrogens with zero attached hydrogens (tertiary/aromatic N) is 1. The van der Waals surface area contributed by atoms with E-state index in [1.807, 2.05) is 0 Å². The molecule has 0 heterocycles. The molecule has 53 heavy (non-hydrogen) atoms. The summed E-state index contributed by atoms with van der Waals surface area (Å²) in [5.41, 5.74) is 0. The first-order valence-corrected chi connectivity index (χ1v) is 11.6. The van der Waals surface area contributed by atoms with Gasteiger partial charge >= 0.3 is 95.1 Å². The molecule has 0 fully saturated rings. The van der Waals surface area contributed by atoms with Gasteiger partial charge < -0.3 is 0 Å². The molecule has 0 rings (SSSR count). The SMILES string of the molecule is C[N+](C)(C)C(F)(F)C(F)(F)C(F)(F)C(F)(F)C(F)(F)C(F)(F)C(F)(F)C(F)(F)C(F)(F)C(F)(F)C(F)(F)C(F)(F)C(F)(F)C(F)(F)C(F)(F)C(F)(F)F. The number of hydrogen-bond acceptors (Lipinski definition) is 0. The van der Waals surface area contributed by atoms with Gasteiger partial charge in [-0.05, 0) is 0 Å². The van der Waals surface area contributed by atoms with Gasteiger partial charge in [-0.25, -0.2) is 0 Å². The van der Waals surface area contributed by atoms with E-state index in [4.69, 9.17) is 0 Å². The third-order valence-electron chi connectivity index (χ3n) is 6.70. The molecule has 0 bridgehead atoms. The quantitative estimate of drug-likeness (QED) is 0.0874. The highest BCUT2D eigenvalue weighted by atomic mass is 19.4. The lowest BCUT2D eigenvalue weighted by Gasteiger charge is -2.47. The van der Waals surface area contributed by atoms with Gasteiger partial charge in [0.25, 0.3) is 0 Å². The molecule has 0 radical (unpaired) electrons. The van der Waals surface area contributed by atoms with Gasteiger partial charge in [0.15, 0.2) is 0 Å². The molecule has 320 valence electrons. The Balaban J connectivity index is 7.78. The van der Waals surface area contributed by atoms with Crippen LogP contribution in [0.2, 0.25) is 0 Å². The summed E-state index contributed by atoms with van der Waals surface area (Å²) in [6.07, 6.45) is -8.38. The predicted octanol–water partition coefficient (Wildman–Crippen LogP) is 10.7. The first-order valence-electron chi connectivity index (χ1n) is 11.6.